The number of aliphatic hydroxyl groups excluding tert-OH is 1. The topological polar surface area (TPSA) is 108 Å². The molecule has 3 rings (SSSR count). The summed E-state index contributed by atoms with van der Waals surface area (Å²) >= 11 is 0. The van der Waals surface area contributed by atoms with Crippen molar-refractivity contribution < 1.29 is 13.5 Å². The predicted octanol–water partition coefficient (Wildman–Crippen LogP) is 3.20. The van der Waals surface area contributed by atoms with E-state index in [4.69, 9.17) is 5.26 Å². The fourth-order valence-electron chi connectivity index (χ4n) is 3.87. The largest absolute Gasteiger partial charge is 0.390 e. The molecule has 0 saturated carbocycles. The summed E-state index contributed by atoms with van der Waals surface area (Å²) in [7, 11) is -3.45. The van der Waals surface area contributed by atoms with Gasteiger partial charge in [-0.2, -0.15) is 10.4 Å². The van der Waals surface area contributed by atoms with E-state index in [0.29, 0.717) is 35.0 Å². The number of rotatable bonds is 7. The molecule has 1 heterocycles. The van der Waals surface area contributed by atoms with Crippen LogP contribution in [0.15, 0.2) is 48.7 Å². The molecule has 2 atom stereocenters. The molecule has 0 aliphatic heterocycles. The van der Waals surface area contributed by atoms with E-state index in [1.807, 2.05) is 32.0 Å². The summed E-state index contributed by atoms with van der Waals surface area (Å²) in [5.41, 5.74) is 1.65. The van der Waals surface area contributed by atoms with E-state index in [1.165, 1.54) is 0 Å². The Bertz CT molecular complexity index is 1160. The summed E-state index contributed by atoms with van der Waals surface area (Å²) in [4.78, 5) is 0. The average Bonchev–Trinajstić information content (AvgIpc) is 3.14. The molecule has 2 unspecified atom stereocenters. The summed E-state index contributed by atoms with van der Waals surface area (Å²) < 4.78 is 27.8. The predicted molar refractivity (Wildman–Crippen MR) is 113 cm³/mol. The number of fused-ring (bicyclic) bond motifs is 1. The van der Waals surface area contributed by atoms with Gasteiger partial charge in [0.2, 0.25) is 10.0 Å². The van der Waals surface area contributed by atoms with Crippen molar-refractivity contribution in [3.05, 3.63) is 59.8 Å². The summed E-state index contributed by atoms with van der Waals surface area (Å²) in [5, 5.41) is 25.4. The highest BCUT2D eigenvalue weighted by molar-refractivity contribution is 7.92. The van der Waals surface area contributed by atoms with Gasteiger partial charge >= 0.3 is 0 Å². The average molecular weight is 413 g/mol. The second-order valence-electron chi connectivity index (χ2n) is 7.06. The minimum atomic E-state index is -3.45. The van der Waals surface area contributed by atoms with Gasteiger partial charge in [0, 0.05) is 5.39 Å². The van der Waals surface area contributed by atoms with Gasteiger partial charge in [0.25, 0.3) is 0 Å². The van der Waals surface area contributed by atoms with Crippen LogP contribution in [0.4, 0.5) is 5.69 Å². The fourth-order valence-corrected chi connectivity index (χ4v) is 4.45. The number of sulfonamides is 1. The van der Waals surface area contributed by atoms with Gasteiger partial charge in [-0.05, 0) is 42.7 Å². The zero-order valence-corrected chi connectivity index (χ0v) is 17.4. The fraction of sp³-hybridized carbons (Fsp3) is 0.333. The van der Waals surface area contributed by atoms with Crippen LogP contribution in [0.2, 0.25) is 0 Å². The second-order valence-corrected chi connectivity index (χ2v) is 8.81. The van der Waals surface area contributed by atoms with Gasteiger partial charge in [0.15, 0.2) is 0 Å². The molecule has 3 aromatic rings. The molecule has 0 radical (unpaired) electrons. The molecule has 0 fully saturated rings. The monoisotopic (exact) mass is 412 g/mol. The zero-order valence-electron chi connectivity index (χ0n) is 16.6. The first-order valence-corrected chi connectivity index (χ1v) is 11.3. The van der Waals surface area contributed by atoms with E-state index in [0.717, 1.165) is 11.8 Å². The molecule has 29 heavy (non-hydrogen) atoms. The van der Waals surface area contributed by atoms with Gasteiger partial charge in [-0.25, -0.2) is 8.42 Å². The first-order chi connectivity index (χ1) is 13.8. The van der Waals surface area contributed by atoms with Crippen LogP contribution in [-0.4, -0.2) is 35.7 Å². The van der Waals surface area contributed by atoms with Crippen molar-refractivity contribution >= 4 is 26.6 Å². The lowest BCUT2D eigenvalue weighted by atomic mass is 9.80. The van der Waals surface area contributed by atoms with Crippen LogP contribution in [0.1, 0.15) is 37.8 Å². The Morgan fingerprint density at radius 1 is 1.24 bits per heavy atom. The normalized spacial score (nSPS) is 14.9. The van der Waals surface area contributed by atoms with Gasteiger partial charge in [-0.3, -0.25) is 9.40 Å². The Morgan fingerprint density at radius 3 is 2.48 bits per heavy atom. The van der Waals surface area contributed by atoms with Gasteiger partial charge in [-0.1, -0.05) is 32.0 Å². The number of nitrogens with one attached hydrogen (secondary N) is 1. The molecule has 0 aliphatic carbocycles. The first kappa shape index (κ1) is 20.8. The van der Waals surface area contributed by atoms with E-state index < -0.39 is 21.7 Å². The van der Waals surface area contributed by atoms with E-state index in [-0.39, 0.29) is 0 Å². The molecule has 7 nitrogen and oxygen atoms in total. The van der Waals surface area contributed by atoms with Crippen molar-refractivity contribution in [3.63, 3.8) is 0 Å². The number of nitrogens with zero attached hydrogens (tertiary/aromatic N) is 3. The molecule has 0 spiro atoms. The molecule has 0 saturated heterocycles. The Morgan fingerprint density at radius 2 is 1.93 bits per heavy atom. The summed E-state index contributed by atoms with van der Waals surface area (Å²) in [6.07, 6.45) is 3.02. The quantitative estimate of drug-likeness (QED) is 0.619. The standard InChI is InChI=1S/C21H24N4O3S/c1-4-20(26)21(5-2,16-11-9-15(13-22)10-12-16)25-19-8-6-7-18(17(19)14-23-25)24-29(3,27)28/h6-12,14,20,24,26H,4-5H2,1-3H3. The number of anilines is 1. The van der Waals surface area contributed by atoms with Crippen molar-refractivity contribution in [3.8, 4) is 6.07 Å². The van der Waals surface area contributed by atoms with Crippen LogP contribution in [0.5, 0.6) is 0 Å². The molecule has 0 aliphatic rings. The molecule has 152 valence electrons. The number of hydrogen-bond acceptors (Lipinski definition) is 5. The molecule has 2 aromatic carbocycles. The Kier molecular flexibility index (Phi) is 5.64. The molecule has 0 bridgehead atoms. The van der Waals surface area contributed by atoms with E-state index in [9.17, 15) is 13.5 Å². The third-order valence-electron chi connectivity index (χ3n) is 5.28. The van der Waals surface area contributed by atoms with E-state index >= 15 is 0 Å². The minimum Gasteiger partial charge on any atom is -0.390 e. The third-order valence-corrected chi connectivity index (χ3v) is 5.87. The van der Waals surface area contributed by atoms with Crippen LogP contribution in [0.3, 0.4) is 0 Å². The summed E-state index contributed by atoms with van der Waals surface area (Å²) in [5.74, 6) is 0. The van der Waals surface area contributed by atoms with Gasteiger partial charge < -0.3 is 5.11 Å². The van der Waals surface area contributed by atoms with Gasteiger partial charge in [0.1, 0.15) is 5.54 Å². The van der Waals surface area contributed by atoms with Crippen molar-refractivity contribution in [2.75, 3.05) is 11.0 Å². The maximum Gasteiger partial charge on any atom is 0.229 e. The highest BCUT2D eigenvalue weighted by Crippen LogP contribution is 2.38. The van der Waals surface area contributed by atoms with Crippen LogP contribution < -0.4 is 4.72 Å². The Balaban J connectivity index is 2.27. The lowest BCUT2D eigenvalue weighted by Crippen LogP contribution is -2.46. The van der Waals surface area contributed by atoms with E-state index in [2.05, 4.69) is 15.9 Å². The highest BCUT2D eigenvalue weighted by atomic mass is 32.2. The van der Waals surface area contributed by atoms with Crippen molar-refractivity contribution in [2.45, 2.75) is 38.3 Å². The highest BCUT2D eigenvalue weighted by Gasteiger charge is 2.41. The minimum absolute atomic E-state index is 0.437. The van der Waals surface area contributed by atoms with Gasteiger partial charge in [0.05, 0.1) is 41.4 Å². The van der Waals surface area contributed by atoms with Crippen molar-refractivity contribution in [1.82, 2.24) is 9.78 Å². The number of benzene rings is 2. The van der Waals surface area contributed by atoms with Crippen molar-refractivity contribution in [1.29, 1.82) is 5.26 Å². The van der Waals surface area contributed by atoms with Crippen LogP contribution in [-0.2, 0) is 15.6 Å². The van der Waals surface area contributed by atoms with Crippen LogP contribution >= 0.6 is 0 Å². The molecular weight excluding hydrogens is 388 g/mol. The van der Waals surface area contributed by atoms with E-state index in [1.54, 1.807) is 35.1 Å². The zero-order chi connectivity index (χ0) is 21.2. The molecular formula is C21H24N4O3S. The summed E-state index contributed by atoms with van der Waals surface area (Å²) in [6.45, 7) is 3.88. The Labute approximate surface area is 170 Å². The maximum absolute atomic E-state index is 11.7. The number of aliphatic hydroxyl groups is 1. The van der Waals surface area contributed by atoms with Gasteiger partial charge in [-0.15, -0.1) is 0 Å². The maximum atomic E-state index is 11.7. The first-order valence-electron chi connectivity index (χ1n) is 9.40. The number of aromatic nitrogens is 2. The Hall–Kier alpha value is -2.89. The smallest absolute Gasteiger partial charge is 0.229 e. The number of nitriles is 1. The summed E-state index contributed by atoms with van der Waals surface area (Å²) in [6, 6.07) is 14.5. The molecule has 8 heteroatoms. The van der Waals surface area contributed by atoms with Crippen LogP contribution in [0, 0.1) is 11.3 Å². The SMILES string of the molecule is CCC(O)C(CC)(c1ccc(C#N)cc1)n1ncc2c(NS(C)(=O)=O)cccc21. The molecule has 2 N–H and O–H groups in total. The third kappa shape index (κ3) is 3.71. The molecule has 0 amide bonds. The lowest BCUT2D eigenvalue weighted by Gasteiger charge is -2.38. The second kappa shape index (κ2) is 7.85. The number of hydrogen-bond donors (Lipinski definition) is 2. The van der Waals surface area contributed by atoms with Crippen molar-refractivity contribution in [2.24, 2.45) is 0 Å². The van der Waals surface area contributed by atoms with Crippen LogP contribution in [0.25, 0.3) is 10.9 Å². The molecule has 1 aromatic heterocycles. The lowest BCUT2D eigenvalue weighted by molar-refractivity contribution is 0.0487.